The van der Waals surface area contributed by atoms with Crippen LogP contribution >= 0.6 is 0 Å². The van der Waals surface area contributed by atoms with Crippen LogP contribution in [0.4, 0.5) is 8.78 Å². The number of nitrogens with zero attached hydrogens (tertiary/aromatic N) is 3. The van der Waals surface area contributed by atoms with Gasteiger partial charge in [-0.25, -0.2) is 8.78 Å². The summed E-state index contributed by atoms with van der Waals surface area (Å²) < 4.78 is 28.7. The quantitative estimate of drug-likeness (QED) is 0.738. The predicted molar refractivity (Wildman–Crippen MR) is 112 cm³/mol. The van der Waals surface area contributed by atoms with Gasteiger partial charge in [-0.1, -0.05) is 25.3 Å². The molecule has 0 atom stereocenters. The van der Waals surface area contributed by atoms with E-state index in [1.807, 2.05) is 18.2 Å². The number of pyridine rings is 1. The van der Waals surface area contributed by atoms with E-state index in [4.69, 9.17) is 4.99 Å². The highest BCUT2D eigenvalue weighted by Gasteiger charge is 2.29. The lowest BCUT2D eigenvalue weighted by molar-refractivity contribution is 0.0615. The number of halogens is 2. The molecule has 31 heavy (non-hydrogen) atoms. The number of benzene rings is 1. The third kappa shape index (κ3) is 4.92. The Balaban J connectivity index is 1.44. The van der Waals surface area contributed by atoms with E-state index in [1.165, 1.54) is 30.2 Å². The van der Waals surface area contributed by atoms with Crippen LogP contribution in [0.2, 0.25) is 0 Å². The van der Waals surface area contributed by atoms with Crippen molar-refractivity contribution in [1.82, 2.24) is 9.47 Å². The highest BCUT2D eigenvalue weighted by Crippen LogP contribution is 2.22. The number of carbonyl (C=O) groups excluding carboxylic acids is 2. The van der Waals surface area contributed by atoms with Gasteiger partial charge in [0.2, 0.25) is 5.91 Å². The van der Waals surface area contributed by atoms with Crippen molar-refractivity contribution in [3.05, 3.63) is 65.3 Å². The van der Waals surface area contributed by atoms with E-state index < -0.39 is 17.5 Å². The maximum absolute atomic E-state index is 14.0. The number of amides is 1. The Labute approximate surface area is 180 Å². The summed E-state index contributed by atoms with van der Waals surface area (Å²) in [7, 11) is 0. The van der Waals surface area contributed by atoms with E-state index in [0.29, 0.717) is 37.5 Å². The van der Waals surface area contributed by atoms with E-state index in [9.17, 15) is 18.4 Å². The number of piperidine rings is 1. The Hall–Kier alpha value is -2.83. The molecule has 5 nitrogen and oxygen atoms in total. The lowest BCUT2D eigenvalue weighted by Crippen LogP contribution is -2.43. The molecule has 2 aromatic rings. The predicted octanol–water partition coefficient (Wildman–Crippen LogP) is 4.19. The number of rotatable bonds is 3. The lowest BCUT2D eigenvalue weighted by Gasteiger charge is -2.31. The average molecular weight is 427 g/mol. The van der Waals surface area contributed by atoms with Gasteiger partial charge < -0.3 is 4.90 Å². The Morgan fingerprint density at radius 1 is 0.935 bits per heavy atom. The fourth-order valence-corrected chi connectivity index (χ4v) is 4.48. The second kappa shape index (κ2) is 9.54. The zero-order valence-corrected chi connectivity index (χ0v) is 17.5. The van der Waals surface area contributed by atoms with Gasteiger partial charge >= 0.3 is 0 Å². The molecule has 2 aliphatic rings. The van der Waals surface area contributed by atoms with Crippen molar-refractivity contribution in [2.75, 3.05) is 13.1 Å². The Morgan fingerprint density at radius 2 is 1.68 bits per heavy atom. The van der Waals surface area contributed by atoms with Crippen LogP contribution in [0.5, 0.6) is 0 Å². The van der Waals surface area contributed by atoms with Crippen LogP contribution in [0.3, 0.4) is 0 Å². The van der Waals surface area contributed by atoms with Gasteiger partial charge in [-0.3, -0.25) is 19.1 Å². The monoisotopic (exact) mass is 427 g/mol. The molecule has 4 rings (SSSR count). The summed E-state index contributed by atoms with van der Waals surface area (Å²) in [6.45, 7) is 0.711. The normalized spacial score (nSPS) is 18.9. The molecule has 0 spiro atoms. The summed E-state index contributed by atoms with van der Waals surface area (Å²) in [5.74, 6) is -2.29. The topological polar surface area (TPSA) is 54.7 Å². The number of likely N-dealkylation sites (tertiary alicyclic amines) is 1. The number of aromatic nitrogens is 1. The number of carbonyl (C=O) groups is 2. The van der Waals surface area contributed by atoms with Gasteiger partial charge in [-0.15, -0.1) is 0 Å². The summed E-state index contributed by atoms with van der Waals surface area (Å²) in [5, 5.41) is 0. The molecule has 1 aromatic heterocycles. The molecule has 0 unspecified atom stereocenters. The minimum Gasteiger partial charge on any atom is -0.339 e. The largest absolute Gasteiger partial charge is 0.339 e. The lowest BCUT2D eigenvalue weighted by atomic mass is 9.95. The van der Waals surface area contributed by atoms with Crippen molar-refractivity contribution in [3.8, 4) is 0 Å². The summed E-state index contributed by atoms with van der Waals surface area (Å²) in [5.41, 5.74) is 0.545. The molecule has 0 N–H and O–H groups in total. The van der Waals surface area contributed by atoms with Crippen molar-refractivity contribution in [3.63, 3.8) is 0 Å². The molecule has 2 fully saturated rings. The van der Waals surface area contributed by atoms with E-state index in [0.717, 1.165) is 18.9 Å². The third-order valence-corrected chi connectivity index (χ3v) is 6.26. The Bertz CT molecular complexity index is 1020. The van der Waals surface area contributed by atoms with Gasteiger partial charge in [0.15, 0.2) is 0 Å². The molecule has 2 heterocycles. The van der Waals surface area contributed by atoms with Crippen LogP contribution in [-0.2, 0) is 0 Å². The smallest absolute Gasteiger partial charge is 0.256 e. The molecule has 7 heteroatoms. The molecule has 1 saturated heterocycles. The van der Waals surface area contributed by atoms with E-state index in [-0.39, 0.29) is 23.4 Å². The molecule has 1 amide bonds. The fourth-order valence-electron chi connectivity index (χ4n) is 4.48. The highest BCUT2D eigenvalue weighted by atomic mass is 19.1. The fraction of sp³-hybridized carbons (Fsp3) is 0.458. The van der Waals surface area contributed by atoms with Gasteiger partial charge in [0.05, 0.1) is 11.6 Å². The summed E-state index contributed by atoms with van der Waals surface area (Å²) in [4.78, 5) is 32.2. The average Bonchev–Trinajstić information content (AvgIpc) is 2.79. The van der Waals surface area contributed by atoms with Crippen molar-refractivity contribution in [2.24, 2.45) is 10.9 Å². The minimum atomic E-state index is -0.864. The van der Waals surface area contributed by atoms with Gasteiger partial charge in [-0.2, -0.15) is 0 Å². The zero-order valence-electron chi connectivity index (χ0n) is 17.5. The van der Waals surface area contributed by atoms with Crippen LogP contribution in [0.15, 0.2) is 47.6 Å². The minimum absolute atomic E-state index is 0.0183. The molecule has 0 bridgehead atoms. The van der Waals surface area contributed by atoms with Crippen LogP contribution < -0.4 is 5.49 Å². The van der Waals surface area contributed by atoms with Crippen LogP contribution in [0, 0.1) is 17.6 Å². The zero-order chi connectivity index (χ0) is 21.8. The summed E-state index contributed by atoms with van der Waals surface area (Å²) >= 11 is 0. The number of hydrogen-bond donors (Lipinski definition) is 0. The summed E-state index contributed by atoms with van der Waals surface area (Å²) in [6, 6.07) is 8.83. The van der Waals surface area contributed by atoms with E-state index in [1.54, 1.807) is 10.8 Å². The molecular weight excluding hydrogens is 400 g/mol. The Morgan fingerprint density at radius 3 is 2.39 bits per heavy atom. The molecule has 1 aliphatic heterocycles. The van der Waals surface area contributed by atoms with E-state index in [2.05, 4.69) is 0 Å². The van der Waals surface area contributed by atoms with Crippen LogP contribution in [0.25, 0.3) is 0 Å². The molecule has 1 aromatic carbocycles. The molecule has 0 radical (unpaired) electrons. The van der Waals surface area contributed by atoms with Gasteiger partial charge in [-0.05, 0) is 49.9 Å². The van der Waals surface area contributed by atoms with Crippen LogP contribution in [-0.4, -0.2) is 40.4 Å². The molecule has 1 saturated carbocycles. The maximum Gasteiger partial charge on any atom is 0.256 e. The first kappa shape index (κ1) is 21.4. The maximum atomic E-state index is 14.0. The molecule has 164 valence electrons. The van der Waals surface area contributed by atoms with Crippen molar-refractivity contribution >= 4 is 11.8 Å². The summed E-state index contributed by atoms with van der Waals surface area (Å²) in [6.07, 6.45) is 8.48. The number of hydrogen-bond acceptors (Lipinski definition) is 3. The second-order valence-corrected chi connectivity index (χ2v) is 8.38. The third-order valence-electron chi connectivity index (χ3n) is 6.26. The van der Waals surface area contributed by atoms with Gasteiger partial charge in [0.1, 0.15) is 17.1 Å². The molecule has 1 aliphatic carbocycles. The SMILES string of the molecule is O=C(c1ccc(F)cc1F)N1CCC(C(=O)n2ccccc2=NC2CCCCC2)CC1. The van der Waals surface area contributed by atoms with Crippen LogP contribution in [0.1, 0.15) is 60.1 Å². The first-order chi connectivity index (χ1) is 15.0. The van der Waals surface area contributed by atoms with Crippen molar-refractivity contribution in [1.29, 1.82) is 0 Å². The first-order valence-corrected chi connectivity index (χ1v) is 11.0. The highest BCUT2D eigenvalue weighted by molar-refractivity contribution is 5.94. The van der Waals surface area contributed by atoms with Crippen molar-refractivity contribution < 1.29 is 18.4 Å². The van der Waals surface area contributed by atoms with Gasteiger partial charge in [0.25, 0.3) is 5.91 Å². The van der Waals surface area contributed by atoms with Gasteiger partial charge in [0, 0.05) is 31.3 Å². The standard InChI is InChI=1S/C24H27F2N3O2/c25-18-9-10-20(21(26)16-18)24(31)28-14-11-17(12-15-28)23(30)29-13-5-4-8-22(29)27-19-6-2-1-3-7-19/h4-5,8-10,13,16-17,19H,1-3,6-7,11-12,14-15H2. The molecular formula is C24H27F2N3O2. The van der Waals surface area contributed by atoms with E-state index >= 15 is 0 Å². The Kier molecular flexibility index (Phi) is 6.59. The second-order valence-electron chi connectivity index (χ2n) is 8.38. The van der Waals surface area contributed by atoms with Crippen molar-refractivity contribution in [2.45, 2.75) is 51.0 Å². The first-order valence-electron chi connectivity index (χ1n) is 11.0.